The SMILES string of the molecule is Cc1cc(N)nc(-c2cc3ncnc(N4[C@@H](C)CN(C(=O)O)C[C@@H]4C)c3cc2Cl)c1C(F)(F)F. The Morgan fingerprint density at radius 1 is 1.18 bits per heavy atom. The molecule has 2 atom stereocenters. The maximum absolute atomic E-state index is 13.9. The van der Waals surface area contributed by atoms with E-state index in [4.69, 9.17) is 17.3 Å². The van der Waals surface area contributed by atoms with Crippen LogP contribution in [0.5, 0.6) is 0 Å². The highest BCUT2D eigenvalue weighted by Crippen LogP contribution is 2.42. The van der Waals surface area contributed by atoms with Crippen molar-refractivity contribution in [3.63, 3.8) is 0 Å². The third-order valence-corrected chi connectivity index (χ3v) is 6.22. The van der Waals surface area contributed by atoms with Crippen molar-refractivity contribution in [1.82, 2.24) is 19.9 Å². The Morgan fingerprint density at radius 3 is 2.41 bits per heavy atom. The topological polar surface area (TPSA) is 108 Å². The zero-order valence-electron chi connectivity index (χ0n) is 18.6. The number of carboxylic acid groups (broad SMARTS) is 1. The Kier molecular flexibility index (Phi) is 5.92. The molecule has 12 heteroatoms. The van der Waals surface area contributed by atoms with Crippen LogP contribution in [-0.4, -0.2) is 56.2 Å². The first-order valence-corrected chi connectivity index (χ1v) is 10.8. The van der Waals surface area contributed by atoms with E-state index in [1.165, 1.54) is 36.4 Å². The number of hydrogen-bond donors (Lipinski definition) is 2. The number of fused-ring (bicyclic) bond motifs is 1. The number of nitrogens with zero attached hydrogens (tertiary/aromatic N) is 5. The summed E-state index contributed by atoms with van der Waals surface area (Å²) in [7, 11) is 0. The van der Waals surface area contributed by atoms with Crippen molar-refractivity contribution in [2.45, 2.75) is 39.0 Å². The molecule has 1 aliphatic rings. The molecule has 0 aliphatic carbocycles. The monoisotopic (exact) mass is 494 g/mol. The fourth-order valence-corrected chi connectivity index (χ4v) is 4.85. The molecule has 0 spiro atoms. The third kappa shape index (κ3) is 4.15. The van der Waals surface area contributed by atoms with E-state index in [2.05, 4.69) is 15.0 Å². The van der Waals surface area contributed by atoms with E-state index in [1.54, 1.807) is 0 Å². The summed E-state index contributed by atoms with van der Waals surface area (Å²) in [6.07, 6.45) is -4.34. The molecule has 1 aliphatic heterocycles. The number of aromatic nitrogens is 3. The summed E-state index contributed by atoms with van der Waals surface area (Å²) in [5, 5.41) is 9.94. The van der Waals surface area contributed by atoms with Gasteiger partial charge in [-0.15, -0.1) is 0 Å². The number of amides is 1. The van der Waals surface area contributed by atoms with E-state index in [0.717, 1.165) is 0 Å². The molecule has 0 radical (unpaired) electrons. The molecule has 3 aromatic rings. The minimum Gasteiger partial charge on any atom is -0.465 e. The van der Waals surface area contributed by atoms with E-state index in [1.807, 2.05) is 18.7 Å². The minimum absolute atomic E-state index is 0.0380. The van der Waals surface area contributed by atoms with Gasteiger partial charge in [0.05, 0.1) is 21.8 Å². The van der Waals surface area contributed by atoms with Gasteiger partial charge in [-0.3, -0.25) is 0 Å². The van der Waals surface area contributed by atoms with Crippen molar-refractivity contribution < 1.29 is 23.1 Å². The number of rotatable bonds is 2. The summed E-state index contributed by atoms with van der Waals surface area (Å²) in [6.45, 7) is 5.63. The van der Waals surface area contributed by atoms with Gasteiger partial charge in [-0.25, -0.2) is 19.7 Å². The molecule has 1 aromatic carbocycles. The summed E-state index contributed by atoms with van der Waals surface area (Å²) in [5.74, 6) is 0.468. The van der Waals surface area contributed by atoms with Gasteiger partial charge >= 0.3 is 12.3 Å². The summed E-state index contributed by atoms with van der Waals surface area (Å²) in [5.41, 5.74) is 4.84. The van der Waals surface area contributed by atoms with Crippen LogP contribution < -0.4 is 10.6 Å². The first-order chi connectivity index (χ1) is 15.9. The molecular weight excluding hydrogens is 473 g/mol. The second kappa shape index (κ2) is 8.46. The second-order valence-electron chi connectivity index (χ2n) is 8.42. The number of piperazine rings is 1. The Balaban J connectivity index is 1.87. The van der Waals surface area contributed by atoms with Gasteiger partial charge in [-0.1, -0.05) is 11.6 Å². The molecule has 1 amide bonds. The molecule has 0 bridgehead atoms. The van der Waals surface area contributed by atoms with Gasteiger partial charge in [0, 0.05) is 36.1 Å². The lowest BCUT2D eigenvalue weighted by Gasteiger charge is -2.44. The van der Waals surface area contributed by atoms with Gasteiger partial charge in [-0.05, 0) is 44.5 Å². The van der Waals surface area contributed by atoms with Crippen molar-refractivity contribution in [3.8, 4) is 11.3 Å². The summed E-state index contributed by atoms with van der Waals surface area (Å²) in [6, 6.07) is 3.73. The number of benzene rings is 1. The highest BCUT2D eigenvalue weighted by Gasteiger charge is 2.38. The Morgan fingerprint density at radius 2 is 1.82 bits per heavy atom. The molecule has 0 saturated carbocycles. The molecular formula is C22H22ClF3N6O2. The van der Waals surface area contributed by atoms with Crippen molar-refractivity contribution in [3.05, 3.63) is 40.7 Å². The number of hydrogen-bond acceptors (Lipinski definition) is 6. The molecule has 180 valence electrons. The summed E-state index contributed by atoms with van der Waals surface area (Å²) in [4.78, 5) is 27.4. The summed E-state index contributed by atoms with van der Waals surface area (Å²) < 4.78 is 41.6. The second-order valence-corrected chi connectivity index (χ2v) is 8.83. The molecule has 2 aromatic heterocycles. The quantitative estimate of drug-likeness (QED) is 0.525. The van der Waals surface area contributed by atoms with E-state index in [9.17, 15) is 23.1 Å². The molecule has 34 heavy (non-hydrogen) atoms. The number of aryl methyl sites for hydroxylation is 1. The normalized spacial score (nSPS) is 19.0. The molecule has 3 N–H and O–H groups in total. The van der Waals surface area contributed by atoms with Crippen LogP contribution in [0.25, 0.3) is 22.2 Å². The zero-order chi connectivity index (χ0) is 24.9. The lowest BCUT2D eigenvalue weighted by Crippen LogP contribution is -2.58. The van der Waals surface area contributed by atoms with Crippen molar-refractivity contribution in [1.29, 1.82) is 0 Å². The van der Waals surface area contributed by atoms with Crippen LogP contribution in [0.1, 0.15) is 25.0 Å². The summed E-state index contributed by atoms with van der Waals surface area (Å²) >= 11 is 6.50. The standard InChI is InChI=1S/C22H22ClF3N6O2/c1-10-4-17(27)30-19(18(10)22(24,25)26)13-6-16-14(5-15(13)23)20(29-9-28-16)32-11(2)7-31(21(33)34)8-12(32)3/h4-6,9,11-12H,7-8H2,1-3H3,(H2,27,30)(H,33,34)/t11-,12-/m0/s1. The van der Waals surface area contributed by atoms with Crippen LogP contribution >= 0.6 is 11.6 Å². The number of nitrogens with two attached hydrogens (primary N) is 1. The number of halogens is 4. The molecule has 0 unspecified atom stereocenters. The Hall–Kier alpha value is -3.34. The smallest absolute Gasteiger partial charge is 0.418 e. The number of alkyl halides is 3. The average Bonchev–Trinajstić information content (AvgIpc) is 2.71. The molecule has 8 nitrogen and oxygen atoms in total. The van der Waals surface area contributed by atoms with Crippen LogP contribution in [0.15, 0.2) is 24.5 Å². The van der Waals surface area contributed by atoms with Crippen LogP contribution in [0.2, 0.25) is 5.02 Å². The molecule has 3 heterocycles. The number of carbonyl (C=O) groups is 1. The van der Waals surface area contributed by atoms with Gasteiger partial charge in [0.25, 0.3) is 0 Å². The third-order valence-electron chi connectivity index (χ3n) is 5.91. The predicted molar refractivity (Wildman–Crippen MR) is 123 cm³/mol. The number of anilines is 2. The molecule has 4 rings (SSSR count). The van der Waals surface area contributed by atoms with Crippen LogP contribution in [0, 0.1) is 6.92 Å². The van der Waals surface area contributed by atoms with Crippen molar-refractivity contribution >= 4 is 40.2 Å². The van der Waals surface area contributed by atoms with E-state index in [0.29, 0.717) is 16.7 Å². The van der Waals surface area contributed by atoms with Crippen LogP contribution in [0.4, 0.5) is 29.6 Å². The fraction of sp³-hybridized carbons (Fsp3) is 0.364. The molecule has 1 fully saturated rings. The Bertz CT molecular complexity index is 1270. The fourth-order valence-electron chi connectivity index (χ4n) is 4.60. The maximum Gasteiger partial charge on any atom is 0.418 e. The maximum atomic E-state index is 13.9. The molecule has 1 saturated heterocycles. The van der Waals surface area contributed by atoms with E-state index >= 15 is 0 Å². The number of pyridine rings is 1. The zero-order valence-corrected chi connectivity index (χ0v) is 19.3. The van der Waals surface area contributed by atoms with E-state index < -0.39 is 17.8 Å². The highest BCUT2D eigenvalue weighted by molar-refractivity contribution is 6.34. The van der Waals surface area contributed by atoms with Gasteiger partial charge in [0.1, 0.15) is 18.0 Å². The average molecular weight is 495 g/mol. The van der Waals surface area contributed by atoms with Crippen LogP contribution in [0.3, 0.4) is 0 Å². The van der Waals surface area contributed by atoms with Crippen LogP contribution in [-0.2, 0) is 6.18 Å². The van der Waals surface area contributed by atoms with Gasteiger partial charge in [0.2, 0.25) is 0 Å². The van der Waals surface area contributed by atoms with Gasteiger partial charge < -0.3 is 20.6 Å². The predicted octanol–water partition coefficient (Wildman–Crippen LogP) is 4.83. The van der Waals surface area contributed by atoms with E-state index in [-0.39, 0.29) is 52.8 Å². The Labute approximate surface area is 198 Å². The van der Waals surface area contributed by atoms with Crippen molar-refractivity contribution in [2.75, 3.05) is 23.7 Å². The first-order valence-electron chi connectivity index (χ1n) is 10.4. The van der Waals surface area contributed by atoms with Gasteiger partial charge in [0.15, 0.2) is 0 Å². The minimum atomic E-state index is -4.66. The van der Waals surface area contributed by atoms with Gasteiger partial charge in [-0.2, -0.15) is 13.2 Å². The highest BCUT2D eigenvalue weighted by atomic mass is 35.5. The lowest BCUT2D eigenvalue weighted by molar-refractivity contribution is -0.137. The largest absolute Gasteiger partial charge is 0.465 e. The lowest BCUT2D eigenvalue weighted by atomic mass is 9.99. The number of nitrogen functional groups attached to an aromatic ring is 1. The van der Waals surface area contributed by atoms with Crippen molar-refractivity contribution in [2.24, 2.45) is 0 Å². The first kappa shape index (κ1) is 23.8.